The van der Waals surface area contributed by atoms with Gasteiger partial charge in [0.2, 0.25) is 0 Å². The highest BCUT2D eigenvalue weighted by atomic mass is 32.1. The van der Waals surface area contributed by atoms with Gasteiger partial charge in [0.05, 0.1) is 12.6 Å². The molecule has 0 aromatic carbocycles. The molecule has 2 fully saturated rings. The fourth-order valence-electron chi connectivity index (χ4n) is 3.33. The van der Waals surface area contributed by atoms with Crippen molar-refractivity contribution in [1.29, 1.82) is 0 Å². The minimum Gasteiger partial charge on any atom is -0.475 e. The first-order valence-corrected chi connectivity index (χ1v) is 9.68. The van der Waals surface area contributed by atoms with Crippen LogP contribution in [0, 0.1) is 6.92 Å². The highest BCUT2D eigenvalue weighted by Gasteiger charge is 2.42. The Balaban J connectivity index is 0.000000345. The Labute approximate surface area is 165 Å². The maximum absolute atomic E-state index is 12.0. The van der Waals surface area contributed by atoms with E-state index in [1.807, 2.05) is 6.92 Å². The summed E-state index contributed by atoms with van der Waals surface area (Å²) in [6.45, 7) is 3.99. The molecule has 1 aromatic rings. The molecule has 7 nitrogen and oxygen atoms in total. The first-order chi connectivity index (χ1) is 13.0. The monoisotopic (exact) mass is 423 g/mol. The Bertz CT molecular complexity index is 695. The van der Waals surface area contributed by atoms with Crippen LogP contribution < -0.4 is 0 Å². The maximum Gasteiger partial charge on any atom is 0.490 e. The van der Waals surface area contributed by atoms with E-state index in [2.05, 4.69) is 15.3 Å². The number of aryl methyl sites for hydroxylation is 1. The molecule has 158 valence electrons. The van der Waals surface area contributed by atoms with Crippen molar-refractivity contribution >= 4 is 23.2 Å². The van der Waals surface area contributed by atoms with Gasteiger partial charge in [-0.15, -0.1) is 11.3 Å². The molecule has 0 aliphatic carbocycles. The van der Waals surface area contributed by atoms with E-state index in [-0.39, 0.29) is 18.1 Å². The summed E-state index contributed by atoms with van der Waals surface area (Å²) < 4.78 is 37.8. The van der Waals surface area contributed by atoms with Gasteiger partial charge in [-0.2, -0.15) is 13.2 Å². The van der Waals surface area contributed by atoms with Crippen LogP contribution in [0.3, 0.4) is 0 Å². The van der Waals surface area contributed by atoms with E-state index in [1.54, 1.807) is 30.3 Å². The average Bonchev–Trinajstić information content (AvgIpc) is 3.20. The zero-order valence-corrected chi connectivity index (χ0v) is 16.7. The molecule has 28 heavy (non-hydrogen) atoms. The third-order valence-corrected chi connectivity index (χ3v) is 5.58. The number of alkyl halides is 3. The number of rotatable bonds is 3. The third-order valence-electron chi connectivity index (χ3n) is 4.63. The van der Waals surface area contributed by atoms with Crippen LogP contribution in [0.15, 0.2) is 5.38 Å². The van der Waals surface area contributed by atoms with Gasteiger partial charge in [-0.25, -0.2) is 9.78 Å². The van der Waals surface area contributed by atoms with E-state index >= 15 is 0 Å². The van der Waals surface area contributed by atoms with Gasteiger partial charge in [-0.1, -0.05) is 0 Å². The minimum atomic E-state index is -5.08. The van der Waals surface area contributed by atoms with Gasteiger partial charge in [0.25, 0.3) is 5.91 Å². The van der Waals surface area contributed by atoms with E-state index in [0.717, 1.165) is 38.0 Å². The summed E-state index contributed by atoms with van der Waals surface area (Å²) in [6.07, 6.45) is -2.24. The van der Waals surface area contributed by atoms with Crippen molar-refractivity contribution in [3.8, 4) is 0 Å². The SMILES string of the molecule is Cc1csc(CN2CC[C@H]3O[C@@H](C(=O)N(C)C)CC[C@H]32)n1.O=C(O)C(F)(F)F. The fraction of sp³-hybridized carbons (Fsp3) is 0.706. The van der Waals surface area contributed by atoms with E-state index in [0.29, 0.717) is 6.04 Å². The number of nitrogens with zero attached hydrogens (tertiary/aromatic N) is 3. The second-order valence-electron chi connectivity index (χ2n) is 6.99. The Morgan fingerprint density at radius 3 is 2.50 bits per heavy atom. The summed E-state index contributed by atoms with van der Waals surface area (Å²) in [6, 6.07) is 0.445. The molecule has 0 saturated carbocycles. The second-order valence-corrected chi connectivity index (χ2v) is 7.93. The van der Waals surface area contributed by atoms with Crippen molar-refractivity contribution in [2.45, 2.75) is 57.2 Å². The standard InChI is InChI=1S/C15H23N3O2S.C2HF3O2/c1-10-9-21-14(16-10)8-18-7-6-12-11(18)4-5-13(20-12)15(19)17(2)3;3-2(4,5)1(6)7/h9,11-13H,4-8H2,1-3H3;(H,6,7)/t11-,12-,13-;/m1./s1. The lowest BCUT2D eigenvalue weighted by Gasteiger charge is -2.36. The van der Waals surface area contributed by atoms with Crippen LogP contribution in [0.25, 0.3) is 0 Å². The number of aliphatic carboxylic acids is 1. The van der Waals surface area contributed by atoms with Gasteiger partial charge in [0.15, 0.2) is 0 Å². The number of carboxylic acid groups (broad SMARTS) is 1. The lowest BCUT2D eigenvalue weighted by molar-refractivity contribution is -0.192. The number of hydrogen-bond acceptors (Lipinski definition) is 6. The average molecular weight is 423 g/mol. The zero-order chi connectivity index (χ0) is 21.1. The smallest absolute Gasteiger partial charge is 0.475 e. The number of thiazole rings is 1. The molecular weight excluding hydrogens is 399 g/mol. The van der Waals surface area contributed by atoms with E-state index in [9.17, 15) is 18.0 Å². The number of aromatic nitrogens is 1. The number of likely N-dealkylation sites (N-methyl/N-ethyl adjacent to an activating group) is 1. The molecule has 0 spiro atoms. The molecule has 0 bridgehead atoms. The zero-order valence-electron chi connectivity index (χ0n) is 15.9. The molecule has 1 aromatic heterocycles. The normalized spacial score (nSPS) is 24.9. The van der Waals surface area contributed by atoms with Crippen LogP contribution in [0.2, 0.25) is 0 Å². The van der Waals surface area contributed by atoms with Crippen LogP contribution in [-0.4, -0.2) is 76.8 Å². The number of carbonyl (C=O) groups is 2. The summed E-state index contributed by atoms with van der Waals surface area (Å²) >= 11 is 1.73. The van der Waals surface area contributed by atoms with Crippen molar-refractivity contribution in [3.05, 3.63) is 16.1 Å². The second kappa shape index (κ2) is 9.19. The lowest BCUT2D eigenvalue weighted by Crippen LogP contribution is -2.47. The summed E-state index contributed by atoms with van der Waals surface area (Å²) in [4.78, 5) is 29.6. The van der Waals surface area contributed by atoms with Crippen molar-refractivity contribution in [1.82, 2.24) is 14.8 Å². The fourth-order valence-corrected chi connectivity index (χ4v) is 4.13. The first kappa shape index (κ1) is 22.6. The van der Waals surface area contributed by atoms with E-state index in [1.165, 1.54) is 5.01 Å². The van der Waals surface area contributed by atoms with Crippen LogP contribution in [-0.2, 0) is 20.9 Å². The van der Waals surface area contributed by atoms with Gasteiger partial charge in [0, 0.05) is 37.8 Å². The number of likely N-dealkylation sites (tertiary alicyclic amines) is 1. The van der Waals surface area contributed by atoms with Gasteiger partial charge in [-0.3, -0.25) is 9.69 Å². The van der Waals surface area contributed by atoms with Crippen molar-refractivity contribution in [2.24, 2.45) is 0 Å². The Kier molecular flexibility index (Phi) is 7.40. The van der Waals surface area contributed by atoms with Crippen molar-refractivity contribution in [2.75, 3.05) is 20.6 Å². The Hall–Kier alpha value is -1.72. The summed E-state index contributed by atoms with van der Waals surface area (Å²) in [5.41, 5.74) is 1.10. The molecule has 3 heterocycles. The molecule has 3 atom stereocenters. The first-order valence-electron chi connectivity index (χ1n) is 8.80. The molecule has 2 aliphatic rings. The molecule has 1 N–H and O–H groups in total. The molecule has 2 aliphatic heterocycles. The quantitative estimate of drug-likeness (QED) is 0.803. The van der Waals surface area contributed by atoms with E-state index < -0.39 is 12.1 Å². The molecule has 3 rings (SSSR count). The summed E-state index contributed by atoms with van der Waals surface area (Å²) in [7, 11) is 3.59. The highest BCUT2D eigenvalue weighted by molar-refractivity contribution is 7.09. The number of hydrogen-bond donors (Lipinski definition) is 1. The predicted molar refractivity (Wildman–Crippen MR) is 95.9 cm³/mol. The van der Waals surface area contributed by atoms with Gasteiger partial charge >= 0.3 is 12.1 Å². The third kappa shape index (κ3) is 5.89. The van der Waals surface area contributed by atoms with Crippen LogP contribution >= 0.6 is 11.3 Å². The van der Waals surface area contributed by atoms with Gasteiger partial charge in [0.1, 0.15) is 11.1 Å². The maximum atomic E-state index is 12.0. The summed E-state index contributed by atoms with van der Waals surface area (Å²) in [5, 5.41) is 10.4. The molecule has 11 heteroatoms. The largest absolute Gasteiger partial charge is 0.490 e. The number of fused-ring (bicyclic) bond motifs is 1. The number of amides is 1. The number of ether oxygens (including phenoxy) is 1. The van der Waals surface area contributed by atoms with Gasteiger partial charge in [-0.05, 0) is 26.2 Å². The lowest BCUT2D eigenvalue weighted by atomic mass is 9.98. The molecule has 1 amide bonds. The van der Waals surface area contributed by atoms with Gasteiger partial charge < -0.3 is 14.7 Å². The number of carboxylic acids is 1. The minimum absolute atomic E-state index is 0.0995. The van der Waals surface area contributed by atoms with Crippen LogP contribution in [0.5, 0.6) is 0 Å². The highest BCUT2D eigenvalue weighted by Crippen LogP contribution is 2.33. The molecular formula is C17H24F3N3O4S. The molecule has 0 radical (unpaired) electrons. The topological polar surface area (TPSA) is 83.0 Å². The Morgan fingerprint density at radius 2 is 2.00 bits per heavy atom. The summed E-state index contributed by atoms with van der Waals surface area (Å²) in [5.74, 6) is -2.66. The number of carbonyl (C=O) groups excluding carboxylic acids is 1. The van der Waals surface area contributed by atoms with Crippen LogP contribution in [0.4, 0.5) is 13.2 Å². The van der Waals surface area contributed by atoms with Crippen molar-refractivity contribution < 1.29 is 32.6 Å². The van der Waals surface area contributed by atoms with Crippen LogP contribution in [0.1, 0.15) is 30.0 Å². The Morgan fingerprint density at radius 1 is 1.36 bits per heavy atom. The molecule has 0 unspecified atom stereocenters. The molecule has 2 saturated heterocycles. The number of halogens is 3. The van der Waals surface area contributed by atoms with E-state index in [4.69, 9.17) is 14.6 Å². The predicted octanol–water partition coefficient (Wildman–Crippen LogP) is 2.29. The van der Waals surface area contributed by atoms with Crippen molar-refractivity contribution in [3.63, 3.8) is 0 Å².